The highest BCUT2D eigenvalue weighted by molar-refractivity contribution is 5.83. The summed E-state index contributed by atoms with van der Waals surface area (Å²) in [6, 6.07) is 5.93. The highest BCUT2D eigenvalue weighted by Crippen LogP contribution is 2.27. The number of hydrogen-bond acceptors (Lipinski definition) is 7. The molecule has 0 saturated carbocycles. The van der Waals surface area contributed by atoms with Crippen molar-refractivity contribution in [2.24, 2.45) is 5.92 Å². The summed E-state index contributed by atoms with van der Waals surface area (Å²) in [6.45, 7) is 8.72. The maximum absolute atomic E-state index is 13.0. The van der Waals surface area contributed by atoms with E-state index in [0.717, 1.165) is 66.1 Å². The fourth-order valence-electron chi connectivity index (χ4n) is 5.41. The van der Waals surface area contributed by atoms with Gasteiger partial charge in [-0.15, -0.1) is 0 Å². The lowest BCUT2D eigenvalue weighted by Crippen LogP contribution is -2.44. The highest BCUT2D eigenvalue weighted by atomic mass is 16.5. The van der Waals surface area contributed by atoms with Crippen LogP contribution in [-0.2, 0) is 24.1 Å². The molecule has 3 heterocycles. The number of carbonyl (C=O) groups is 1. The van der Waals surface area contributed by atoms with E-state index in [-0.39, 0.29) is 11.8 Å². The molecule has 0 spiro atoms. The number of hydrogen-bond donors (Lipinski definition) is 1. The summed E-state index contributed by atoms with van der Waals surface area (Å²) < 4.78 is 5.63. The molecule has 0 bridgehead atoms. The van der Waals surface area contributed by atoms with E-state index in [4.69, 9.17) is 24.7 Å². The van der Waals surface area contributed by atoms with Crippen molar-refractivity contribution in [2.75, 3.05) is 31.1 Å². The van der Waals surface area contributed by atoms with Gasteiger partial charge < -0.3 is 15.0 Å². The second-order valence-electron chi connectivity index (χ2n) is 9.90. The first-order valence-corrected chi connectivity index (χ1v) is 13.3. The first kappa shape index (κ1) is 24.4. The number of nitrogens with zero attached hydrogens (tertiary/aromatic N) is 5. The van der Waals surface area contributed by atoms with Crippen molar-refractivity contribution in [3.05, 3.63) is 46.7 Å². The van der Waals surface area contributed by atoms with Gasteiger partial charge in [-0.05, 0) is 83.1 Å². The Morgan fingerprint density at radius 2 is 1.94 bits per heavy atom. The van der Waals surface area contributed by atoms with Gasteiger partial charge in [-0.25, -0.2) is 19.9 Å². The zero-order valence-electron chi connectivity index (χ0n) is 21.6. The molecule has 1 atom stereocenters. The molecule has 1 aromatic carbocycles. The van der Waals surface area contributed by atoms with Crippen molar-refractivity contribution in [2.45, 2.75) is 65.7 Å². The topological polar surface area (TPSA) is 93.1 Å². The summed E-state index contributed by atoms with van der Waals surface area (Å²) in [5.74, 6) is 2.37. The van der Waals surface area contributed by atoms with Gasteiger partial charge in [0.05, 0.1) is 23.7 Å². The molecule has 1 amide bonds. The van der Waals surface area contributed by atoms with E-state index >= 15 is 0 Å². The van der Waals surface area contributed by atoms with Crippen LogP contribution >= 0.6 is 0 Å². The molecule has 5 rings (SSSR count). The first-order valence-electron chi connectivity index (χ1n) is 13.3. The van der Waals surface area contributed by atoms with Crippen molar-refractivity contribution < 1.29 is 9.53 Å². The smallest absolute Gasteiger partial charge is 0.226 e. The van der Waals surface area contributed by atoms with Gasteiger partial charge in [0, 0.05) is 42.8 Å². The van der Waals surface area contributed by atoms with E-state index in [9.17, 15) is 4.79 Å². The molecule has 1 fully saturated rings. The molecule has 8 heteroatoms. The molecular formula is C28H36N6O2. The number of ether oxygens (including phenoxy) is 1. The van der Waals surface area contributed by atoms with Gasteiger partial charge in [0.2, 0.25) is 11.9 Å². The van der Waals surface area contributed by atoms with Gasteiger partial charge in [-0.1, -0.05) is 0 Å². The predicted molar refractivity (Wildman–Crippen MR) is 141 cm³/mol. The minimum Gasteiger partial charge on any atom is -0.494 e. The van der Waals surface area contributed by atoms with Crippen LogP contribution in [-0.4, -0.2) is 52.1 Å². The molecule has 0 unspecified atom stereocenters. The van der Waals surface area contributed by atoms with E-state index in [0.29, 0.717) is 32.1 Å². The Hall–Kier alpha value is -3.29. The molecule has 36 heavy (non-hydrogen) atoms. The van der Waals surface area contributed by atoms with E-state index < -0.39 is 0 Å². The van der Waals surface area contributed by atoms with E-state index in [1.54, 1.807) is 0 Å². The highest BCUT2D eigenvalue weighted by Gasteiger charge is 2.27. The van der Waals surface area contributed by atoms with Gasteiger partial charge >= 0.3 is 0 Å². The molecule has 1 N–H and O–H groups in total. The maximum atomic E-state index is 13.0. The molecule has 3 aromatic rings. The molecule has 190 valence electrons. The lowest BCUT2D eigenvalue weighted by Gasteiger charge is -2.32. The number of benzene rings is 1. The number of anilines is 1. The average molecular weight is 489 g/mol. The SMILES string of the molecule is CCOc1ccc2nc(N3CCC[C@H](C(=O)NCCc4nc(C)c5c(n4)CCCC5)C3)nc(C)c2c1. The minimum atomic E-state index is -0.0788. The number of aryl methyl sites for hydroxylation is 3. The zero-order chi connectivity index (χ0) is 25.1. The first-order chi connectivity index (χ1) is 17.5. The van der Waals surface area contributed by atoms with Gasteiger partial charge in [0.25, 0.3) is 0 Å². The van der Waals surface area contributed by atoms with Gasteiger partial charge in [0.1, 0.15) is 11.6 Å². The van der Waals surface area contributed by atoms with Crippen LogP contribution < -0.4 is 15.0 Å². The van der Waals surface area contributed by atoms with Crippen molar-refractivity contribution in [1.82, 2.24) is 25.3 Å². The maximum Gasteiger partial charge on any atom is 0.226 e. The summed E-state index contributed by atoms with van der Waals surface area (Å²) in [5, 5.41) is 4.13. The van der Waals surface area contributed by atoms with Crippen LogP contribution in [0, 0.1) is 19.8 Å². The fraction of sp³-hybridized carbons (Fsp3) is 0.536. The number of carbonyl (C=O) groups excluding carboxylic acids is 1. The van der Waals surface area contributed by atoms with Gasteiger partial charge in [0.15, 0.2) is 0 Å². The van der Waals surface area contributed by atoms with Crippen LogP contribution in [0.15, 0.2) is 18.2 Å². The monoisotopic (exact) mass is 488 g/mol. The van der Waals surface area contributed by atoms with Crippen LogP contribution in [0.1, 0.15) is 61.1 Å². The van der Waals surface area contributed by atoms with E-state index in [1.165, 1.54) is 24.1 Å². The van der Waals surface area contributed by atoms with Gasteiger partial charge in [-0.3, -0.25) is 4.79 Å². The third-order valence-electron chi connectivity index (χ3n) is 7.32. The Morgan fingerprint density at radius 1 is 1.08 bits per heavy atom. The Morgan fingerprint density at radius 3 is 2.81 bits per heavy atom. The Balaban J connectivity index is 1.20. The second-order valence-corrected chi connectivity index (χ2v) is 9.90. The molecule has 1 saturated heterocycles. The zero-order valence-corrected chi connectivity index (χ0v) is 21.6. The second kappa shape index (κ2) is 10.8. The standard InChI is InChI=1S/C28H36N6O2/c1-4-36-21-11-12-25-23(16-21)19(3)31-28(33-25)34-15-7-8-20(17-34)27(35)29-14-13-26-30-18(2)22-9-5-6-10-24(22)32-26/h11-12,16,20H,4-10,13-15,17H2,1-3H3,(H,29,35)/t20-/m0/s1. The predicted octanol–water partition coefficient (Wildman–Crippen LogP) is 3.89. The molecule has 1 aliphatic heterocycles. The average Bonchev–Trinajstić information content (AvgIpc) is 2.89. The molecule has 1 aliphatic carbocycles. The normalized spacial score (nSPS) is 17.6. The largest absolute Gasteiger partial charge is 0.494 e. The van der Waals surface area contributed by atoms with Crippen LogP contribution in [0.4, 0.5) is 5.95 Å². The van der Waals surface area contributed by atoms with Crippen LogP contribution in [0.3, 0.4) is 0 Å². The Labute approximate surface area is 212 Å². The van der Waals surface area contributed by atoms with Gasteiger partial charge in [-0.2, -0.15) is 0 Å². The summed E-state index contributed by atoms with van der Waals surface area (Å²) >= 11 is 0. The molecule has 0 radical (unpaired) electrons. The molecule has 2 aromatic heterocycles. The Kier molecular flexibility index (Phi) is 7.30. The summed E-state index contributed by atoms with van der Waals surface area (Å²) in [5.41, 5.74) is 5.45. The van der Waals surface area contributed by atoms with Crippen LogP contribution in [0.2, 0.25) is 0 Å². The van der Waals surface area contributed by atoms with Crippen molar-refractivity contribution in [3.8, 4) is 5.75 Å². The quantitative estimate of drug-likeness (QED) is 0.539. The number of piperidine rings is 1. The fourth-order valence-corrected chi connectivity index (χ4v) is 5.41. The lowest BCUT2D eigenvalue weighted by molar-refractivity contribution is -0.125. The lowest BCUT2D eigenvalue weighted by atomic mass is 9.95. The summed E-state index contributed by atoms with van der Waals surface area (Å²) in [4.78, 5) is 34.2. The number of amides is 1. The van der Waals surface area contributed by atoms with Crippen LogP contribution in [0.5, 0.6) is 5.75 Å². The van der Waals surface area contributed by atoms with Crippen molar-refractivity contribution >= 4 is 22.8 Å². The molecular weight excluding hydrogens is 452 g/mol. The number of aromatic nitrogens is 4. The minimum absolute atomic E-state index is 0.0788. The summed E-state index contributed by atoms with van der Waals surface area (Å²) in [6.07, 6.45) is 7.03. The third-order valence-corrected chi connectivity index (χ3v) is 7.32. The Bertz CT molecular complexity index is 1260. The molecule has 8 nitrogen and oxygen atoms in total. The van der Waals surface area contributed by atoms with E-state index in [1.807, 2.05) is 32.0 Å². The van der Waals surface area contributed by atoms with Crippen molar-refractivity contribution in [3.63, 3.8) is 0 Å². The number of nitrogens with one attached hydrogen (secondary N) is 1. The van der Waals surface area contributed by atoms with E-state index in [2.05, 4.69) is 17.1 Å². The number of fused-ring (bicyclic) bond motifs is 2. The van der Waals surface area contributed by atoms with Crippen molar-refractivity contribution in [1.29, 1.82) is 0 Å². The summed E-state index contributed by atoms with van der Waals surface area (Å²) in [7, 11) is 0. The molecule has 2 aliphatic rings. The third kappa shape index (κ3) is 5.27. The van der Waals surface area contributed by atoms with Crippen LogP contribution in [0.25, 0.3) is 10.9 Å². The number of rotatable bonds is 7.